The van der Waals surface area contributed by atoms with Gasteiger partial charge in [0.15, 0.2) is 0 Å². The van der Waals surface area contributed by atoms with Crippen molar-refractivity contribution in [2.24, 2.45) is 5.73 Å². The number of pyridine rings is 1. The summed E-state index contributed by atoms with van der Waals surface area (Å²) >= 11 is 0. The molecule has 4 heterocycles. The maximum atomic E-state index is 13.0. The van der Waals surface area contributed by atoms with Gasteiger partial charge in [0, 0.05) is 31.7 Å². The minimum absolute atomic E-state index is 0. The summed E-state index contributed by atoms with van der Waals surface area (Å²) in [6, 6.07) is 1.94. The number of likely N-dealkylation sites (tertiary alicyclic amines) is 1. The first-order valence-electron chi connectivity index (χ1n) is 10.0. The monoisotopic (exact) mass is 453 g/mol. The van der Waals surface area contributed by atoms with Crippen LogP contribution in [0.2, 0.25) is 0 Å². The molecule has 2 aromatic heterocycles. The van der Waals surface area contributed by atoms with E-state index in [1.165, 1.54) is 5.56 Å². The maximum Gasteiger partial charge on any atom is 0.255 e. The quantitative estimate of drug-likeness (QED) is 0.764. The summed E-state index contributed by atoms with van der Waals surface area (Å²) < 4.78 is 6.23. The van der Waals surface area contributed by atoms with Crippen LogP contribution in [0.5, 0.6) is 0 Å². The highest BCUT2D eigenvalue weighted by Gasteiger charge is 2.43. The molecule has 2 aliphatic heterocycles. The molecule has 164 valence electrons. The van der Waals surface area contributed by atoms with Gasteiger partial charge in [0.2, 0.25) is 0 Å². The number of aromatic nitrogens is 3. The predicted octanol–water partition coefficient (Wildman–Crippen LogP) is 2.62. The van der Waals surface area contributed by atoms with E-state index in [0.717, 1.165) is 49.2 Å². The van der Waals surface area contributed by atoms with Crippen LogP contribution >= 0.6 is 24.8 Å². The van der Waals surface area contributed by atoms with Gasteiger partial charge in [0.1, 0.15) is 11.4 Å². The van der Waals surface area contributed by atoms with Crippen molar-refractivity contribution in [1.82, 2.24) is 19.9 Å². The van der Waals surface area contributed by atoms with Crippen LogP contribution in [0.3, 0.4) is 0 Å². The fourth-order valence-electron chi connectivity index (χ4n) is 4.18. The molecule has 0 aliphatic carbocycles. The number of aryl methyl sites for hydroxylation is 2. The normalized spacial score (nSPS) is 16.9. The molecule has 7 nitrogen and oxygen atoms in total. The summed E-state index contributed by atoms with van der Waals surface area (Å²) in [5.41, 5.74) is 9.09. The number of hydrogen-bond donors (Lipinski definition) is 1. The van der Waals surface area contributed by atoms with Gasteiger partial charge >= 0.3 is 0 Å². The molecule has 1 amide bonds. The van der Waals surface area contributed by atoms with Crippen LogP contribution in [-0.4, -0.2) is 52.0 Å². The molecular weight excluding hydrogens is 425 g/mol. The highest BCUT2D eigenvalue weighted by molar-refractivity contribution is 5.94. The molecular formula is C21H29Cl2N5O2. The van der Waals surface area contributed by atoms with Crippen molar-refractivity contribution in [3.63, 3.8) is 0 Å². The summed E-state index contributed by atoms with van der Waals surface area (Å²) in [5.74, 6) is 0.800. The number of nitrogens with zero attached hydrogens (tertiary/aromatic N) is 4. The first-order chi connectivity index (χ1) is 13.6. The van der Waals surface area contributed by atoms with Crippen molar-refractivity contribution < 1.29 is 9.53 Å². The second-order valence-corrected chi connectivity index (χ2v) is 7.65. The lowest BCUT2D eigenvalue weighted by Crippen LogP contribution is -2.49. The Morgan fingerprint density at radius 3 is 2.73 bits per heavy atom. The molecule has 0 aromatic carbocycles. The molecule has 2 N–H and O–H groups in total. The molecule has 30 heavy (non-hydrogen) atoms. The van der Waals surface area contributed by atoms with Crippen LogP contribution in [-0.2, 0) is 23.2 Å². The third-order valence-electron chi connectivity index (χ3n) is 5.74. The maximum absolute atomic E-state index is 13.0. The minimum atomic E-state index is -0.390. The van der Waals surface area contributed by atoms with E-state index in [2.05, 4.69) is 9.97 Å². The Balaban J connectivity index is 0.00000160. The topological polar surface area (TPSA) is 94.2 Å². The number of amides is 1. The Bertz CT molecular complexity index is 872. The number of fused-ring (bicyclic) bond motifs is 2. The standard InChI is InChI=1S/C21H27N5O2.2ClH/c1-15-24-14-17-4-10-28-21(19(17)25-15)5-8-26(9-6-21)20(27)18-11-16(3-2-7-22)12-23-13-18;;/h11-14H,2-10,22H2,1H3;2*1H. The minimum Gasteiger partial charge on any atom is -0.368 e. The summed E-state index contributed by atoms with van der Waals surface area (Å²) in [4.78, 5) is 28.2. The fourth-order valence-corrected chi connectivity index (χ4v) is 4.18. The van der Waals surface area contributed by atoms with E-state index in [0.29, 0.717) is 31.8 Å². The van der Waals surface area contributed by atoms with E-state index < -0.39 is 0 Å². The van der Waals surface area contributed by atoms with Gasteiger partial charge in [-0.2, -0.15) is 0 Å². The van der Waals surface area contributed by atoms with Crippen LogP contribution in [0.25, 0.3) is 0 Å². The molecule has 0 saturated carbocycles. The second kappa shape index (κ2) is 10.5. The van der Waals surface area contributed by atoms with Gasteiger partial charge in [-0.25, -0.2) is 9.97 Å². The molecule has 9 heteroatoms. The molecule has 1 fully saturated rings. The van der Waals surface area contributed by atoms with Crippen LogP contribution in [0.15, 0.2) is 24.7 Å². The largest absolute Gasteiger partial charge is 0.368 e. The lowest BCUT2D eigenvalue weighted by Gasteiger charge is -2.44. The molecule has 0 unspecified atom stereocenters. The average Bonchev–Trinajstić information content (AvgIpc) is 2.73. The molecule has 1 saturated heterocycles. The van der Waals surface area contributed by atoms with Gasteiger partial charge in [0.05, 0.1) is 17.9 Å². The van der Waals surface area contributed by atoms with Crippen molar-refractivity contribution >= 4 is 30.7 Å². The predicted molar refractivity (Wildman–Crippen MR) is 119 cm³/mol. The van der Waals surface area contributed by atoms with E-state index in [1.807, 2.05) is 30.3 Å². The SMILES string of the molecule is Cc1ncc2c(n1)C1(CCN(C(=O)c3cncc(CCCN)c3)CC1)OCC2.Cl.Cl. The van der Waals surface area contributed by atoms with E-state index in [1.54, 1.807) is 6.20 Å². The van der Waals surface area contributed by atoms with Crippen molar-refractivity contribution in [1.29, 1.82) is 0 Å². The smallest absolute Gasteiger partial charge is 0.255 e. The van der Waals surface area contributed by atoms with Gasteiger partial charge in [-0.05, 0) is 62.8 Å². The molecule has 0 radical (unpaired) electrons. The number of rotatable bonds is 4. The van der Waals surface area contributed by atoms with E-state index >= 15 is 0 Å². The Kier molecular flexibility index (Phi) is 8.55. The lowest BCUT2D eigenvalue weighted by molar-refractivity contribution is -0.0968. The molecule has 0 bridgehead atoms. The zero-order chi connectivity index (χ0) is 19.6. The van der Waals surface area contributed by atoms with Gasteiger partial charge in [-0.3, -0.25) is 9.78 Å². The Morgan fingerprint density at radius 2 is 2.00 bits per heavy atom. The van der Waals surface area contributed by atoms with Crippen LogP contribution in [0.4, 0.5) is 0 Å². The molecule has 2 aromatic rings. The van der Waals surface area contributed by atoms with Gasteiger partial charge < -0.3 is 15.4 Å². The van der Waals surface area contributed by atoms with E-state index in [9.17, 15) is 4.79 Å². The van der Waals surface area contributed by atoms with Crippen LogP contribution in [0.1, 0.15) is 52.3 Å². The molecule has 1 spiro atoms. The highest BCUT2D eigenvalue weighted by Crippen LogP contribution is 2.40. The number of halogens is 2. The van der Waals surface area contributed by atoms with Gasteiger partial charge in [-0.15, -0.1) is 24.8 Å². The summed E-state index contributed by atoms with van der Waals surface area (Å²) in [7, 11) is 0. The zero-order valence-electron chi connectivity index (χ0n) is 17.2. The average molecular weight is 454 g/mol. The number of carbonyl (C=O) groups excluding carboxylic acids is 1. The summed E-state index contributed by atoms with van der Waals surface area (Å²) in [6.07, 6.45) is 9.49. The number of piperidine rings is 1. The van der Waals surface area contributed by atoms with E-state index in [-0.39, 0.29) is 36.3 Å². The third kappa shape index (κ3) is 4.91. The Hall–Kier alpha value is -1.80. The fraction of sp³-hybridized carbons (Fsp3) is 0.524. The van der Waals surface area contributed by atoms with Crippen molar-refractivity contribution in [3.8, 4) is 0 Å². The lowest BCUT2D eigenvalue weighted by atomic mass is 9.83. The van der Waals surface area contributed by atoms with Crippen molar-refractivity contribution in [2.45, 2.75) is 44.6 Å². The molecule has 4 rings (SSSR count). The zero-order valence-corrected chi connectivity index (χ0v) is 18.8. The molecule has 0 atom stereocenters. The first kappa shape index (κ1) is 24.5. The Labute approximate surface area is 189 Å². The van der Waals surface area contributed by atoms with Crippen LogP contribution < -0.4 is 5.73 Å². The van der Waals surface area contributed by atoms with Gasteiger partial charge in [0.25, 0.3) is 5.91 Å². The van der Waals surface area contributed by atoms with Crippen LogP contribution in [0, 0.1) is 6.92 Å². The number of ether oxygens (including phenoxy) is 1. The van der Waals surface area contributed by atoms with Crippen molar-refractivity contribution in [3.05, 3.63) is 52.9 Å². The number of hydrogen-bond acceptors (Lipinski definition) is 6. The summed E-state index contributed by atoms with van der Waals surface area (Å²) in [6.45, 7) is 4.52. The number of nitrogens with two attached hydrogens (primary N) is 1. The molecule has 2 aliphatic rings. The second-order valence-electron chi connectivity index (χ2n) is 7.65. The first-order valence-corrected chi connectivity index (χ1v) is 10.0. The van der Waals surface area contributed by atoms with Gasteiger partial charge in [-0.1, -0.05) is 0 Å². The summed E-state index contributed by atoms with van der Waals surface area (Å²) in [5, 5.41) is 0. The third-order valence-corrected chi connectivity index (χ3v) is 5.74. The Morgan fingerprint density at radius 1 is 1.23 bits per heavy atom. The van der Waals surface area contributed by atoms with Crippen molar-refractivity contribution in [2.75, 3.05) is 26.2 Å². The highest BCUT2D eigenvalue weighted by atomic mass is 35.5. The number of carbonyl (C=O) groups is 1. The van der Waals surface area contributed by atoms with E-state index in [4.69, 9.17) is 15.5 Å².